The second kappa shape index (κ2) is 2.23. The summed E-state index contributed by atoms with van der Waals surface area (Å²) in [5, 5.41) is 9.65. The van der Waals surface area contributed by atoms with Crippen molar-refractivity contribution >= 4 is 16.9 Å². The van der Waals surface area contributed by atoms with Gasteiger partial charge in [0.25, 0.3) is 0 Å². The fourth-order valence-corrected chi connectivity index (χ4v) is 0.970. The van der Waals surface area contributed by atoms with E-state index in [0.717, 1.165) is 16.9 Å². The Balaban J connectivity index is 2.67. The lowest BCUT2D eigenvalue weighted by atomic mass is 10.4. The maximum Gasteiger partial charge on any atom is 0.126 e. The fraction of sp³-hybridized carbons (Fsp3) is 0.143. The predicted octanol–water partition coefficient (Wildman–Crippen LogP) is 1.000. The Morgan fingerprint density at radius 1 is 1.45 bits per heavy atom. The predicted molar refractivity (Wildman–Crippen MR) is 43.4 cm³/mol. The van der Waals surface area contributed by atoms with Crippen LogP contribution in [-0.4, -0.2) is 22.2 Å². The molecule has 0 fully saturated rings. The number of pyridine rings is 1. The summed E-state index contributed by atoms with van der Waals surface area (Å²) in [7, 11) is 1.84. The lowest BCUT2D eigenvalue weighted by Gasteiger charge is -1.95. The third kappa shape index (κ3) is 0.920. The zero-order valence-electron chi connectivity index (χ0n) is 6.13. The average molecular weight is 148 g/mol. The zero-order chi connectivity index (χ0) is 7.68. The second-order valence-electron chi connectivity index (χ2n) is 2.25. The minimum atomic E-state index is 0.860. The molecule has 0 aliphatic rings. The van der Waals surface area contributed by atoms with Gasteiger partial charge >= 0.3 is 0 Å². The van der Waals surface area contributed by atoms with E-state index in [-0.39, 0.29) is 0 Å². The summed E-state index contributed by atoms with van der Waals surface area (Å²) in [4.78, 5) is 4.25. The van der Waals surface area contributed by atoms with Crippen LogP contribution in [0.25, 0.3) is 11.0 Å². The first-order chi connectivity index (χ1) is 5.40. The number of hydrogen-bond acceptors (Lipinski definition) is 3. The molecule has 0 radical (unpaired) electrons. The number of H-pyrrole nitrogens is 1. The molecule has 0 aromatic carbocycles. The Bertz CT molecular complexity index is 365. The minimum absolute atomic E-state index is 0.860. The molecule has 2 aromatic rings. The van der Waals surface area contributed by atoms with Gasteiger partial charge in [0.05, 0.1) is 11.7 Å². The molecule has 2 N–H and O–H groups in total. The third-order valence-corrected chi connectivity index (χ3v) is 1.55. The van der Waals surface area contributed by atoms with E-state index < -0.39 is 0 Å². The number of nitrogens with one attached hydrogen (secondary N) is 2. The number of hydrogen-bond donors (Lipinski definition) is 2. The largest absolute Gasteiger partial charge is 0.373 e. The molecule has 2 aromatic heterocycles. The van der Waals surface area contributed by atoms with E-state index in [4.69, 9.17) is 0 Å². The van der Waals surface area contributed by atoms with Crippen LogP contribution < -0.4 is 5.32 Å². The van der Waals surface area contributed by atoms with Crippen molar-refractivity contribution in [1.29, 1.82) is 0 Å². The number of fused-ring (bicyclic) bond motifs is 1. The first-order valence-corrected chi connectivity index (χ1v) is 3.38. The van der Waals surface area contributed by atoms with Crippen LogP contribution in [0.3, 0.4) is 0 Å². The molecule has 0 aliphatic carbocycles. The van der Waals surface area contributed by atoms with Crippen LogP contribution in [0.5, 0.6) is 0 Å². The van der Waals surface area contributed by atoms with E-state index in [1.165, 1.54) is 0 Å². The number of anilines is 1. The molecular weight excluding hydrogens is 140 g/mol. The number of nitrogens with zero attached hydrogens (tertiary/aromatic N) is 2. The monoisotopic (exact) mass is 148 g/mol. The molecule has 56 valence electrons. The van der Waals surface area contributed by atoms with Crippen molar-refractivity contribution in [2.24, 2.45) is 0 Å². The van der Waals surface area contributed by atoms with Crippen LogP contribution >= 0.6 is 0 Å². The molecule has 4 nitrogen and oxygen atoms in total. The maximum atomic E-state index is 4.25. The standard InChI is InChI=1S/C7H8N4/c1-8-7-3-2-5-6(10-7)4-9-11-5/h2-4H,1H3,(H,8,10)(H,9,11). The van der Waals surface area contributed by atoms with Gasteiger partial charge in [-0.15, -0.1) is 0 Å². The molecule has 11 heavy (non-hydrogen) atoms. The summed E-state index contributed by atoms with van der Waals surface area (Å²) in [5.41, 5.74) is 1.85. The Kier molecular flexibility index (Phi) is 1.25. The van der Waals surface area contributed by atoms with Gasteiger partial charge in [-0.1, -0.05) is 0 Å². The van der Waals surface area contributed by atoms with Crippen molar-refractivity contribution in [2.75, 3.05) is 12.4 Å². The van der Waals surface area contributed by atoms with E-state index >= 15 is 0 Å². The average Bonchev–Trinajstić information content (AvgIpc) is 2.50. The maximum absolute atomic E-state index is 4.25. The smallest absolute Gasteiger partial charge is 0.126 e. The molecule has 0 saturated heterocycles. The Morgan fingerprint density at radius 2 is 2.36 bits per heavy atom. The molecule has 2 rings (SSSR count). The lowest BCUT2D eigenvalue weighted by Crippen LogP contribution is -1.90. The molecule has 2 heterocycles. The van der Waals surface area contributed by atoms with Crippen LogP contribution in [0.15, 0.2) is 18.3 Å². The number of aromatic amines is 1. The Labute approximate surface area is 63.6 Å². The topological polar surface area (TPSA) is 53.6 Å². The van der Waals surface area contributed by atoms with Gasteiger partial charge in [0.1, 0.15) is 11.3 Å². The van der Waals surface area contributed by atoms with E-state index in [2.05, 4.69) is 20.5 Å². The van der Waals surface area contributed by atoms with Crippen molar-refractivity contribution in [3.05, 3.63) is 18.3 Å². The fourth-order valence-electron chi connectivity index (χ4n) is 0.970. The van der Waals surface area contributed by atoms with E-state index in [9.17, 15) is 0 Å². The first-order valence-electron chi connectivity index (χ1n) is 3.38. The summed E-state index contributed by atoms with van der Waals surface area (Å²) < 4.78 is 0. The summed E-state index contributed by atoms with van der Waals surface area (Å²) in [6.45, 7) is 0. The van der Waals surface area contributed by atoms with Crippen molar-refractivity contribution in [2.45, 2.75) is 0 Å². The van der Waals surface area contributed by atoms with E-state index in [1.54, 1.807) is 6.20 Å². The molecule has 0 saturated carbocycles. The van der Waals surface area contributed by atoms with Gasteiger partial charge in [-0.25, -0.2) is 4.98 Å². The molecule has 0 aliphatic heterocycles. The summed E-state index contributed by atoms with van der Waals surface area (Å²) in [6, 6.07) is 3.85. The molecule has 4 heteroatoms. The van der Waals surface area contributed by atoms with Crippen molar-refractivity contribution < 1.29 is 0 Å². The number of rotatable bonds is 1. The molecule has 0 unspecified atom stereocenters. The molecule has 0 spiro atoms. The second-order valence-corrected chi connectivity index (χ2v) is 2.25. The van der Waals surface area contributed by atoms with Gasteiger partial charge in [-0.2, -0.15) is 5.10 Å². The first kappa shape index (κ1) is 6.15. The molecule has 0 amide bonds. The van der Waals surface area contributed by atoms with Gasteiger partial charge in [0.15, 0.2) is 0 Å². The lowest BCUT2D eigenvalue weighted by molar-refractivity contribution is 1.12. The van der Waals surface area contributed by atoms with Crippen LogP contribution in [0.1, 0.15) is 0 Å². The van der Waals surface area contributed by atoms with E-state index in [0.29, 0.717) is 0 Å². The summed E-state index contributed by atoms with van der Waals surface area (Å²) in [5.74, 6) is 0.860. The highest BCUT2D eigenvalue weighted by Crippen LogP contribution is 2.10. The summed E-state index contributed by atoms with van der Waals surface area (Å²) in [6.07, 6.45) is 1.70. The third-order valence-electron chi connectivity index (χ3n) is 1.55. The van der Waals surface area contributed by atoms with Gasteiger partial charge in [0, 0.05) is 7.05 Å². The van der Waals surface area contributed by atoms with Crippen LogP contribution in [0.2, 0.25) is 0 Å². The van der Waals surface area contributed by atoms with Crippen LogP contribution in [-0.2, 0) is 0 Å². The van der Waals surface area contributed by atoms with Gasteiger partial charge in [0.2, 0.25) is 0 Å². The normalized spacial score (nSPS) is 10.3. The van der Waals surface area contributed by atoms with Crippen LogP contribution in [0, 0.1) is 0 Å². The Hall–Kier alpha value is -1.58. The molecule has 0 bridgehead atoms. The minimum Gasteiger partial charge on any atom is -0.373 e. The highest BCUT2D eigenvalue weighted by molar-refractivity contribution is 5.75. The summed E-state index contributed by atoms with van der Waals surface area (Å²) >= 11 is 0. The van der Waals surface area contributed by atoms with Crippen molar-refractivity contribution in [3.63, 3.8) is 0 Å². The Morgan fingerprint density at radius 3 is 3.18 bits per heavy atom. The van der Waals surface area contributed by atoms with E-state index in [1.807, 2.05) is 19.2 Å². The van der Waals surface area contributed by atoms with Gasteiger partial charge in [-0.05, 0) is 12.1 Å². The number of aromatic nitrogens is 3. The quantitative estimate of drug-likeness (QED) is 0.634. The van der Waals surface area contributed by atoms with Crippen molar-refractivity contribution in [1.82, 2.24) is 15.2 Å². The SMILES string of the molecule is CNc1ccc2[nH]ncc2n1. The molecule has 0 atom stereocenters. The van der Waals surface area contributed by atoms with Gasteiger partial charge < -0.3 is 5.32 Å². The zero-order valence-corrected chi connectivity index (χ0v) is 6.13. The van der Waals surface area contributed by atoms with Crippen molar-refractivity contribution in [3.8, 4) is 0 Å². The van der Waals surface area contributed by atoms with Crippen LogP contribution in [0.4, 0.5) is 5.82 Å². The van der Waals surface area contributed by atoms with Gasteiger partial charge in [-0.3, -0.25) is 5.10 Å². The molecular formula is C7H8N4. The highest BCUT2D eigenvalue weighted by atomic mass is 15.1. The highest BCUT2D eigenvalue weighted by Gasteiger charge is 1.96.